The van der Waals surface area contributed by atoms with E-state index in [4.69, 9.17) is 14.2 Å². The Balaban J connectivity index is 1.98. The van der Waals surface area contributed by atoms with Crippen molar-refractivity contribution in [2.75, 3.05) is 32.0 Å². The number of para-hydroxylation sites is 1. The van der Waals surface area contributed by atoms with Gasteiger partial charge in [0, 0.05) is 29.9 Å². The molecule has 2 aromatic carbocycles. The fourth-order valence-electron chi connectivity index (χ4n) is 2.98. The number of nitro groups is 1. The molecule has 0 radical (unpaired) electrons. The summed E-state index contributed by atoms with van der Waals surface area (Å²) in [4.78, 5) is 30.2. The minimum Gasteiger partial charge on any atom is -0.493 e. The standard InChI is InChI=1S/C21H21N5O6/c1-30-17-10-14(11-18(31-2)19(17)32-3)23-21-22-12-16(26(28)29)20(25-21)24-15-7-5-4-6-13(15)8-9-27/h4-7,9-12H,8H2,1-3H3,(H2,22,23,24,25). The average molecular weight is 439 g/mol. The summed E-state index contributed by atoms with van der Waals surface area (Å²) in [6.45, 7) is 0. The Labute approximate surface area is 183 Å². The molecule has 0 fully saturated rings. The van der Waals surface area contributed by atoms with Crippen molar-refractivity contribution in [2.24, 2.45) is 0 Å². The summed E-state index contributed by atoms with van der Waals surface area (Å²) >= 11 is 0. The van der Waals surface area contributed by atoms with Crippen molar-refractivity contribution in [3.05, 3.63) is 58.3 Å². The molecule has 2 N–H and O–H groups in total. The highest BCUT2D eigenvalue weighted by atomic mass is 16.6. The number of carbonyl (C=O) groups excluding carboxylic acids is 1. The van der Waals surface area contributed by atoms with E-state index in [1.807, 2.05) is 0 Å². The first-order chi connectivity index (χ1) is 15.5. The summed E-state index contributed by atoms with van der Waals surface area (Å²) < 4.78 is 16.0. The molecule has 11 heteroatoms. The molecular weight excluding hydrogens is 418 g/mol. The highest BCUT2D eigenvalue weighted by molar-refractivity contribution is 5.72. The molecule has 3 rings (SSSR count). The van der Waals surface area contributed by atoms with Crippen LogP contribution in [0.25, 0.3) is 0 Å². The molecule has 0 aliphatic carbocycles. The Morgan fingerprint density at radius 2 is 1.75 bits per heavy atom. The zero-order valence-electron chi connectivity index (χ0n) is 17.6. The first kappa shape index (κ1) is 22.3. The van der Waals surface area contributed by atoms with E-state index in [0.717, 1.165) is 12.5 Å². The fraction of sp³-hybridized carbons (Fsp3) is 0.190. The van der Waals surface area contributed by atoms with Gasteiger partial charge in [-0.2, -0.15) is 4.98 Å². The van der Waals surface area contributed by atoms with Gasteiger partial charge in [0.05, 0.1) is 26.3 Å². The van der Waals surface area contributed by atoms with E-state index >= 15 is 0 Å². The number of methoxy groups -OCH3 is 3. The molecule has 1 heterocycles. The molecule has 11 nitrogen and oxygen atoms in total. The Hall–Kier alpha value is -4.41. The number of nitrogens with zero attached hydrogens (tertiary/aromatic N) is 3. The number of aromatic nitrogens is 2. The van der Waals surface area contributed by atoms with Crippen LogP contribution in [0.5, 0.6) is 17.2 Å². The van der Waals surface area contributed by atoms with Crippen LogP contribution in [-0.2, 0) is 11.2 Å². The Bertz CT molecular complexity index is 1110. The summed E-state index contributed by atoms with van der Waals surface area (Å²) in [5.41, 5.74) is 1.40. The number of anilines is 4. The van der Waals surface area contributed by atoms with Gasteiger partial charge in [-0.25, -0.2) is 4.98 Å². The SMILES string of the molecule is COc1cc(Nc2ncc([N+](=O)[O-])c(Nc3ccccc3CC=O)n2)cc(OC)c1OC. The zero-order chi connectivity index (χ0) is 23.1. The van der Waals surface area contributed by atoms with Crippen LogP contribution >= 0.6 is 0 Å². The quantitative estimate of drug-likeness (QED) is 0.273. The monoisotopic (exact) mass is 439 g/mol. The maximum Gasteiger partial charge on any atom is 0.329 e. The van der Waals surface area contributed by atoms with Crippen molar-refractivity contribution in [1.29, 1.82) is 0 Å². The van der Waals surface area contributed by atoms with E-state index in [-0.39, 0.29) is 23.9 Å². The third kappa shape index (κ3) is 4.83. The second-order valence-corrected chi connectivity index (χ2v) is 6.38. The molecule has 0 atom stereocenters. The van der Waals surface area contributed by atoms with E-state index in [9.17, 15) is 14.9 Å². The predicted molar refractivity (Wildman–Crippen MR) is 118 cm³/mol. The van der Waals surface area contributed by atoms with Gasteiger partial charge in [0.15, 0.2) is 11.5 Å². The van der Waals surface area contributed by atoms with Crippen LogP contribution in [0.15, 0.2) is 42.6 Å². The molecule has 0 spiro atoms. The van der Waals surface area contributed by atoms with Crippen molar-refractivity contribution in [3.8, 4) is 17.2 Å². The molecule has 0 bridgehead atoms. The summed E-state index contributed by atoms with van der Waals surface area (Å²) in [5.74, 6) is 1.31. The van der Waals surface area contributed by atoms with Crippen LogP contribution in [0.3, 0.4) is 0 Å². The molecule has 166 valence electrons. The third-order valence-corrected chi connectivity index (χ3v) is 4.46. The Morgan fingerprint density at radius 1 is 1.06 bits per heavy atom. The molecule has 0 amide bonds. The highest BCUT2D eigenvalue weighted by Gasteiger charge is 2.20. The first-order valence-corrected chi connectivity index (χ1v) is 9.37. The van der Waals surface area contributed by atoms with Crippen molar-refractivity contribution >= 4 is 35.1 Å². The second-order valence-electron chi connectivity index (χ2n) is 6.38. The van der Waals surface area contributed by atoms with Gasteiger partial charge in [-0.1, -0.05) is 18.2 Å². The summed E-state index contributed by atoms with van der Waals surface area (Å²) in [5, 5.41) is 17.4. The highest BCUT2D eigenvalue weighted by Crippen LogP contribution is 2.40. The minimum absolute atomic E-state index is 0.0294. The molecular formula is C21H21N5O6. The smallest absolute Gasteiger partial charge is 0.329 e. The fourth-order valence-corrected chi connectivity index (χ4v) is 2.98. The molecule has 0 saturated heterocycles. The van der Waals surface area contributed by atoms with E-state index in [0.29, 0.717) is 34.2 Å². The third-order valence-electron chi connectivity index (χ3n) is 4.46. The van der Waals surface area contributed by atoms with Gasteiger partial charge in [-0.15, -0.1) is 0 Å². The minimum atomic E-state index is -0.589. The van der Waals surface area contributed by atoms with Gasteiger partial charge >= 0.3 is 5.69 Å². The van der Waals surface area contributed by atoms with Crippen LogP contribution in [0, 0.1) is 10.1 Å². The van der Waals surface area contributed by atoms with Crippen LogP contribution in [0.1, 0.15) is 5.56 Å². The molecule has 0 aliphatic heterocycles. The van der Waals surface area contributed by atoms with Gasteiger partial charge in [0.25, 0.3) is 0 Å². The maximum absolute atomic E-state index is 11.5. The van der Waals surface area contributed by atoms with E-state index < -0.39 is 4.92 Å². The number of aldehydes is 1. The topological polar surface area (TPSA) is 138 Å². The largest absolute Gasteiger partial charge is 0.493 e. The number of ether oxygens (including phenoxy) is 3. The van der Waals surface area contributed by atoms with E-state index in [2.05, 4.69) is 20.6 Å². The number of rotatable bonds is 10. The van der Waals surface area contributed by atoms with Gasteiger partial charge in [0.1, 0.15) is 12.5 Å². The number of hydrogen-bond acceptors (Lipinski definition) is 10. The lowest BCUT2D eigenvalue weighted by Gasteiger charge is -2.15. The van der Waals surface area contributed by atoms with Crippen LogP contribution in [0.4, 0.5) is 28.8 Å². The summed E-state index contributed by atoms with van der Waals surface area (Å²) in [7, 11) is 4.47. The molecule has 0 aliphatic rings. The average Bonchev–Trinajstić information content (AvgIpc) is 2.79. The van der Waals surface area contributed by atoms with Crippen molar-refractivity contribution in [3.63, 3.8) is 0 Å². The number of nitrogens with one attached hydrogen (secondary N) is 2. The lowest BCUT2D eigenvalue weighted by Crippen LogP contribution is -2.06. The van der Waals surface area contributed by atoms with Crippen LogP contribution in [-0.4, -0.2) is 42.5 Å². The Morgan fingerprint density at radius 3 is 2.34 bits per heavy atom. The second kappa shape index (κ2) is 10.1. The van der Waals surface area contributed by atoms with Gasteiger partial charge in [0.2, 0.25) is 17.5 Å². The Kier molecular flexibility index (Phi) is 7.01. The number of benzene rings is 2. The van der Waals surface area contributed by atoms with Crippen LogP contribution < -0.4 is 24.8 Å². The van der Waals surface area contributed by atoms with Gasteiger partial charge in [-0.05, 0) is 11.6 Å². The number of hydrogen-bond donors (Lipinski definition) is 2. The van der Waals surface area contributed by atoms with Crippen molar-refractivity contribution in [2.45, 2.75) is 6.42 Å². The summed E-state index contributed by atoms with van der Waals surface area (Å²) in [6, 6.07) is 10.3. The summed E-state index contributed by atoms with van der Waals surface area (Å²) in [6.07, 6.45) is 2.00. The zero-order valence-corrected chi connectivity index (χ0v) is 17.6. The molecule has 0 saturated carbocycles. The van der Waals surface area contributed by atoms with E-state index in [1.165, 1.54) is 21.3 Å². The number of carbonyl (C=O) groups is 1. The van der Waals surface area contributed by atoms with Crippen molar-refractivity contribution in [1.82, 2.24) is 9.97 Å². The molecule has 0 unspecified atom stereocenters. The lowest BCUT2D eigenvalue weighted by molar-refractivity contribution is -0.384. The normalized spacial score (nSPS) is 10.2. The van der Waals surface area contributed by atoms with E-state index in [1.54, 1.807) is 36.4 Å². The first-order valence-electron chi connectivity index (χ1n) is 9.37. The molecule has 32 heavy (non-hydrogen) atoms. The van der Waals surface area contributed by atoms with Gasteiger partial charge in [-0.3, -0.25) is 10.1 Å². The van der Waals surface area contributed by atoms with Gasteiger partial charge < -0.3 is 29.6 Å². The lowest BCUT2D eigenvalue weighted by atomic mass is 10.1. The van der Waals surface area contributed by atoms with Crippen molar-refractivity contribution < 1.29 is 23.9 Å². The predicted octanol–water partition coefficient (Wildman–Crippen LogP) is 3.64. The maximum atomic E-state index is 11.5. The van der Waals surface area contributed by atoms with Crippen LogP contribution in [0.2, 0.25) is 0 Å². The molecule has 1 aromatic heterocycles. The molecule has 3 aromatic rings.